The van der Waals surface area contributed by atoms with E-state index in [1.54, 1.807) is 0 Å². The summed E-state index contributed by atoms with van der Waals surface area (Å²) in [4.78, 5) is 11.6. The maximum absolute atomic E-state index is 11.6. The van der Waals surface area contributed by atoms with Gasteiger partial charge in [0.2, 0.25) is 5.91 Å². The lowest BCUT2D eigenvalue weighted by molar-refractivity contribution is -0.120. The lowest BCUT2D eigenvalue weighted by Crippen LogP contribution is -2.44. The topological polar surface area (TPSA) is 75.3 Å². The number of hydrogen-bond donors (Lipinski definition) is 2. The molecule has 3 atom stereocenters. The summed E-state index contributed by atoms with van der Waals surface area (Å²) in [6, 6.07) is 0.539. The van der Waals surface area contributed by atoms with Crippen molar-refractivity contribution in [2.75, 3.05) is 19.3 Å². The number of amides is 1. The summed E-state index contributed by atoms with van der Waals surface area (Å²) in [6.07, 6.45) is 3.25. The molecule has 1 heterocycles. The second-order valence-electron chi connectivity index (χ2n) is 4.97. The smallest absolute Gasteiger partial charge is 0.238 e. The first kappa shape index (κ1) is 14.4. The second-order valence-corrected chi connectivity index (χ2v) is 7.34. The minimum Gasteiger partial charge on any atom is -0.355 e. The van der Waals surface area contributed by atoms with E-state index in [0.717, 1.165) is 25.6 Å². The molecule has 0 radical (unpaired) electrons. The molecule has 3 unspecified atom stereocenters. The molecule has 0 bridgehead atoms. The lowest BCUT2D eigenvalue weighted by atomic mass is 9.95. The zero-order chi connectivity index (χ0) is 13.1. The van der Waals surface area contributed by atoms with Crippen molar-refractivity contribution in [1.29, 1.82) is 0 Å². The van der Waals surface area contributed by atoms with Crippen LogP contribution in [0.1, 0.15) is 26.7 Å². The third kappa shape index (κ3) is 4.63. The molecular formula is C11H22N2O3S. The van der Waals surface area contributed by atoms with Gasteiger partial charge < -0.3 is 10.6 Å². The minimum atomic E-state index is -3.29. The average Bonchev–Trinajstić information content (AvgIpc) is 2.25. The van der Waals surface area contributed by atoms with Crippen LogP contribution in [-0.4, -0.2) is 45.0 Å². The molecule has 0 spiro atoms. The van der Waals surface area contributed by atoms with E-state index < -0.39 is 21.0 Å². The first-order valence-electron chi connectivity index (χ1n) is 6.00. The number of rotatable bonds is 4. The van der Waals surface area contributed by atoms with Crippen molar-refractivity contribution in [3.63, 3.8) is 0 Å². The third-order valence-corrected chi connectivity index (χ3v) is 4.84. The molecule has 1 fully saturated rings. The molecular weight excluding hydrogens is 240 g/mol. The molecule has 0 aliphatic carbocycles. The molecule has 17 heavy (non-hydrogen) atoms. The van der Waals surface area contributed by atoms with E-state index in [4.69, 9.17) is 0 Å². The van der Waals surface area contributed by atoms with Crippen LogP contribution in [0.15, 0.2) is 0 Å². The molecule has 1 aliphatic heterocycles. The van der Waals surface area contributed by atoms with Gasteiger partial charge in [-0.25, -0.2) is 8.42 Å². The van der Waals surface area contributed by atoms with Crippen molar-refractivity contribution in [1.82, 2.24) is 10.6 Å². The Morgan fingerprint density at radius 3 is 2.59 bits per heavy atom. The monoisotopic (exact) mass is 262 g/mol. The number of nitrogens with one attached hydrogen (secondary N) is 2. The average molecular weight is 262 g/mol. The first-order valence-corrected chi connectivity index (χ1v) is 7.96. The Balaban J connectivity index is 2.34. The predicted molar refractivity (Wildman–Crippen MR) is 67.5 cm³/mol. The first-order chi connectivity index (χ1) is 7.80. The summed E-state index contributed by atoms with van der Waals surface area (Å²) in [5.41, 5.74) is 0. The van der Waals surface area contributed by atoms with Gasteiger partial charge in [0, 0.05) is 18.8 Å². The van der Waals surface area contributed by atoms with Crippen LogP contribution >= 0.6 is 0 Å². The van der Waals surface area contributed by atoms with Crippen LogP contribution in [0.4, 0.5) is 0 Å². The Morgan fingerprint density at radius 2 is 2.12 bits per heavy atom. The van der Waals surface area contributed by atoms with Crippen LogP contribution in [0.3, 0.4) is 0 Å². The van der Waals surface area contributed by atoms with E-state index in [-0.39, 0.29) is 0 Å². The molecule has 6 heteroatoms. The van der Waals surface area contributed by atoms with E-state index in [2.05, 4.69) is 17.6 Å². The maximum atomic E-state index is 11.6. The molecule has 5 nitrogen and oxygen atoms in total. The highest BCUT2D eigenvalue weighted by molar-refractivity contribution is 7.92. The van der Waals surface area contributed by atoms with Crippen LogP contribution in [0.5, 0.6) is 0 Å². The third-order valence-electron chi connectivity index (χ3n) is 3.34. The largest absolute Gasteiger partial charge is 0.355 e. The van der Waals surface area contributed by atoms with Gasteiger partial charge in [0.15, 0.2) is 9.84 Å². The molecule has 0 aromatic rings. The van der Waals surface area contributed by atoms with Crippen LogP contribution in [-0.2, 0) is 14.6 Å². The summed E-state index contributed by atoms with van der Waals surface area (Å²) < 4.78 is 22.4. The van der Waals surface area contributed by atoms with E-state index in [0.29, 0.717) is 18.5 Å². The quantitative estimate of drug-likeness (QED) is 0.743. The van der Waals surface area contributed by atoms with Crippen molar-refractivity contribution in [3.8, 4) is 0 Å². The highest BCUT2D eigenvalue weighted by atomic mass is 32.2. The number of carbonyl (C=O) groups excluding carboxylic acids is 1. The van der Waals surface area contributed by atoms with Gasteiger partial charge in [-0.15, -0.1) is 0 Å². The fourth-order valence-corrected chi connectivity index (χ4v) is 2.29. The van der Waals surface area contributed by atoms with Crippen molar-refractivity contribution >= 4 is 15.7 Å². The normalized spacial score (nSPS) is 27.5. The van der Waals surface area contributed by atoms with Crippen LogP contribution < -0.4 is 10.6 Å². The van der Waals surface area contributed by atoms with E-state index >= 15 is 0 Å². The van der Waals surface area contributed by atoms with Gasteiger partial charge in [0.05, 0.1) is 0 Å². The van der Waals surface area contributed by atoms with Crippen molar-refractivity contribution in [3.05, 3.63) is 0 Å². The van der Waals surface area contributed by atoms with Crippen LogP contribution in [0, 0.1) is 5.92 Å². The number of carbonyl (C=O) groups is 1. The summed E-state index contributed by atoms with van der Waals surface area (Å²) in [6.45, 7) is 5.00. The predicted octanol–water partition coefficient (Wildman–Crippen LogP) is -0.0762. The fourth-order valence-electron chi connectivity index (χ4n) is 1.82. The van der Waals surface area contributed by atoms with Crippen LogP contribution in [0.2, 0.25) is 0 Å². The zero-order valence-corrected chi connectivity index (χ0v) is 11.5. The van der Waals surface area contributed by atoms with Crippen molar-refractivity contribution in [2.45, 2.75) is 38.0 Å². The fraction of sp³-hybridized carbons (Fsp3) is 0.909. The number of piperidine rings is 1. The van der Waals surface area contributed by atoms with Crippen LogP contribution in [0.25, 0.3) is 0 Å². The summed E-state index contributed by atoms with van der Waals surface area (Å²) in [5.74, 6) is 0.00744. The second kappa shape index (κ2) is 5.82. The molecule has 0 saturated carbocycles. The molecule has 1 aliphatic rings. The molecule has 1 saturated heterocycles. The summed E-state index contributed by atoms with van der Waals surface area (Å²) in [7, 11) is -3.29. The Kier molecular flexibility index (Phi) is 4.94. The highest BCUT2D eigenvalue weighted by Gasteiger charge is 2.24. The number of hydrogen-bond acceptors (Lipinski definition) is 4. The van der Waals surface area contributed by atoms with Gasteiger partial charge >= 0.3 is 0 Å². The highest BCUT2D eigenvalue weighted by Crippen LogP contribution is 2.13. The molecule has 0 aromatic carbocycles. The molecule has 2 N–H and O–H groups in total. The number of sulfone groups is 1. The van der Waals surface area contributed by atoms with Gasteiger partial charge in [0.25, 0.3) is 0 Å². The SMILES string of the molecule is CC1CCC(CNC(=O)C(C)S(C)(=O)=O)CN1. The lowest BCUT2D eigenvalue weighted by Gasteiger charge is -2.28. The molecule has 1 amide bonds. The standard InChI is InChI=1S/C11H22N2O3S/c1-8-4-5-10(6-12-8)7-13-11(14)9(2)17(3,15)16/h8-10,12H,4-7H2,1-3H3,(H,13,14). The van der Waals surface area contributed by atoms with Crippen molar-refractivity contribution in [2.24, 2.45) is 5.92 Å². The zero-order valence-electron chi connectivity index (χ0n) is 10.7. The Morgan fingerprint density at radius 1 is 1.47 bits per heavy atom. The maximum Gasteiger partial charge on any atom is 0.238 e. The summed E-state index contributed by atoms with van der Waals surface area (Å²) >= 11 is 0. The Hall–Kier alpha value is -0.620. The van der Waals surface area contributed by atoms with Gasteiger partial charge in [-0.3, -0.25) is 4.79 Å². The Bertz CT molecular complexity index is 359. The van der Waals surface area contributed by atoms with E-state index in [1.165, 1.54) is 6.92 Å². The molecule has 1 rings (SSSR count). The molecule has 100 valence electrons. The van der Waals surface area contributed by atoms with E-state index in [9.17, 15) is 13.2 Å². The van der Waals surface area contributed by atoms with Gasteiger partial charge in [0.1, 0.15) is 5.25 Å². The van der Waals surface area contributed by atoms with Gasteiger partial charge in [-0.1, -0.05) is 0 Å². The minimum absolute atomic E-state index is 0.397. The molecule has 0 aromatic heterocycles. The van der Waals surface area contributed by atoms with E-state index in [1.807, 2.05) is 0 Å². The summed E-state index contributed by atoms with van der Waals surface area (Å²) in [5, 5.41) is 5.10. The Labute approximate surface area is 103 Å². The van der Waals surface area contributed by atoms with Crippen molar-refractivity contribution < 1.29 is 13.2 Å². The van der Waals surface area contributed by atoms with Gasteiger partial charge in [-0.05, 0) is 39.2 Å². The van der Waals surface area contributed by atoms with Gasteiger partial charge in [-0.2, -0.15) is 0 Å².